The molecule has 2 amide bonds. The lowest BCUT2D eigenvalue weighted by molar-refractivity contribution is 0.262. The Kier molecular flexibility index (Phi) is 5.35. The van der Waals surface area contributed by atoms with Crippen LogP contribution in [0.4, 0.5) is 16.2 Å². The van der Waals surface area contributed by atoms with E-state index in [-0.39, 0.29) is 0 Å². The zero-order valence-corrected chi connectivity index (χ0v) is 13.5. The SMILES string of the molecule is COc1ccc(NC(=O)Nc2ccc(Cl)c(Cl)c2)c(OC)c1. The summed E-state index contributed by atoms with van der Waals surface area (Å²) in [6.07, 6.45) is 0. The first-order valence-corrected chi connectivity index (χ1v) is 7.04. The maximum Gasteiger partial charge on any atom is 0.323 e. The Balaban J connectivity index is 2.10. The monoisotopic (exact) mass is 340 g/mol. The molecule has 0 aliphatic carbocycles. The number of ether oxygens (including phenoxy) is 2. The van der Waals surface area contributed by atoms with Crippen molar-refractivity contribution in [1.82, 2.24) is 0 Å². The van der Waals surface area contributed by atoms with E-state index in [9.17, 15) is 4.79 Å². The minimum Gasteiger partial charge on any atom is -0.497 e. The maximum absolute atomic E-state index is 12.0. The normalized spacial score (nSPS) is 10.0. The predicted molar refractivity (Wildman–Crippen MR) is 88.6 cm³/mol. The van der Waals surface area contributed by atoms with E-state index in [2.05, 4.69) is 10.6 Å². The number of benzene rings is 2. The fourth-order valence-electron chi connectivity index (χ4n) is 1.76. The Morgan fingerprint density at radius 1 is 0.955 bits per heavy atom. The van der Waals surface area contributed by atoms with Gasteiger partial charge >= 0.3 is 6.03 Å². The number of urea groups is 1. The van der Waals surface area contributed by atoms with Gasteiger partial charge in [0.25, 0.3) is 0 Å². The Bertz CT molecular complexity index is 692. The smallest absolute Gasteiger partial charge is 0.323 e. The van der Waals surface area contributed by atoms with E-state index in [0.717, 1.165) is 0 Å². The number of amides is 2. The number of halogens is 2. The van der Waals surface area contributed by atoms with Gasteiger partial charge in [0.2, 0.25) is 0 Å². The molecule has 22 heavy (non-hydrogen) atoms. The van der Waals surface area contributed by atoms with E-state index >= 15 is 0 Å². The van der Waals surface area contributed by atoms with Gasteiger partial charge in [-0.1, -0.05) is 23.2 Å². The molecular weight excluding hydrogens is 327 g/mol. The molecule has 2 rings (SSSR count). The molecule has 0 spiro atoms. The van der Waals surface area contributed by atoms with Crippen molar-refractivity contribution in [3.63, 3.8) is 0 Å². The summed E-state index contributed by atoms with van der Waals surface area (Å²) in [5.41, 5.74) is 1.04. The zero-order chi connectivity index (χ0) is 16.1. The number of hydrogen-bond donors (Lipinski definition) is 2. The number of hydrogen-bond acceptors (Lipinski definition) is 3. The van der Waals surface area contributed by atoms with E-state index in [1.165, 1.54) is 7.11 Å². The number of carbonyl (C=O) groups is 1. The molecule has 0 aliphatic heterocycles. The quantitative estimate of drug-likeness (QED) is 0.851. The summed E-state index contributed by atoms with van der Waals surface area (Å²) in [4.78, 5) is 12.0. The average Bonchev–Trinajstić information content (AvgIpc) is 2.51. The van der Waals surface area contributed by atoms with Gasteiger partial charge in [-0.05, 0) is 30.3 Å². The topological polar surface area (TPSA) is 59.6 Å². The fourth-order valence-corrected chi connectivity index (χ4v) is 2.06. The summed E-state index contributed by atoms with van der Waals surface area (Å²) in [5.74, 6) is 1.12. The molecule has 0 unspecified atom stereocenters. The van der Waals surface area contributed by atoms with Crippen molar-refractivity contribution in [1.29, 1.82) is 0 Å². The lowest BCUT2D eigenvalue weighted by Crippen LogP contribution is -2.19. The van der Waals surface area contributed by atoms with E-state index in [4.69, 9.17) is 32.7 Å². The van der Waals surface area contributed by atoms with Crippen molar-refractivity contribution in [2.24, 2.45) is 0 Å². The fraction of sp³-hybridized carbons (Fsp3) is 0.133. The van der Waals surface area contributed by atoms with Crippen LogP contribution in [0.25, 0.3) is 0 Å². The lowest BCUT2D eigenvalue weighted by atomic mass is 10.2. The largest absolute Gasteiger partial charge is 0.497 e. The van der Waals surface area contributed by atoms with Crippen LogP contribution in [0.15, 0.2) is 36.4 Å². The number of nitrogens with one attached hydrogen (secondary N) is 2. The molecule has 0 radical (unpaired) electrons. The van der Waals surface area contributed by atoms with Gasteiger partial charge in [0.15, 0.2) is 0 Å². The first-order valence-electron chi connectivity index (χ1n) is 6.28. The first-order chi connectivity index (χ1) is 10.5. The molecule has 2 N–H and O–H groups in total. The Morgan fingerprint density at radius 2 is 1.73 bits per heavy atom. The molecule has 2 aromatic carbocycles. The second-order valence-corrected chi connectivity index (χ2v) is 5.09. The Labute approximate surface area is 138 Å². The maximum atomic E-state index is 12.0. The van der Waals surface area contributed by atoms with Gasteiger partial charge in [0.05, 0.1) is 30.0 Å². The van der Waals surface area contributed by atoms with E-state index < -0.39 is 6.03 Å². The van der Waals surface area contributed by atoms with Gasteiger partial charge in [-0.2, -0.15) is 0 Å². The third kappa shape index (κ3) is 3.96. The summed E-state index contributed by atoms with van der Waals surface area (Å²) >= 11 is 11.7. The van der Waals surface area contributed by atoms with Gasteiger partial charge in [-0.25, -0.2) is 4.79 Å². The molecule has 0 bridgehead atoms. The van der Waals surface area contributed by atoms with E-state index in [1.54, 1.807) is 43.5 Å². The van der Waals surface area contributed by atoms with Crippen molar-refractivity contribution in [2.75, 3.05) is 24.9 Å². The molecule has 116 valence electrons. The van der Waals surface area contributed by atoms with Crippen LogP contribution in [0, 0.1) is 0 Å². The van der Waals surface area contributed by atoms with Crippen molar-refractivity contribution >= 4 is 40.6 Å². The van der Waals surface area contributed by atoms with E-state index in [0.29, 0.717) is 32.9 Å². The van der Waals surface area contributed by atoms with Crippen LogP contribution in [0.5, 0.6) is 11.5 Å². The van der Waals surface area contributed by atoms with E-state index in [1.807, 2.05) is 0 Å². The average molecular weight is 341 g/mol. The van der Waals surface area contributed by atoms with Crippen LogP contribution in [0.1, 0.15) is 0 Å². The third-order valence-corrected chi connectivity index (χ3v) is 3.57. The molecule has 0 saturated heterocycles. The van der Waals surface area contributed by atoms with Gasteiger partial charge < -0.3 is 20.1 Å². The molecule has 5 nitrogen and oxygen atoms in total. The molecule has 0 atom stereocenters. The number of carbonyl (C=O) groups excluding carboxylic acids is 1. The molecule has 0 saturated carbocycles. The summed E-state index contributed by atoms with van der Waals surface area (Å²) < 4.78 is 10.3. The van der Waals surface area contributed by atoms with Crippen molar-refractivity contribution in [3.8, 4) is 11.5 Å². The number of methoxy groups -OCH3 is 2. The second kappa shape index (κ2) is 7.24. The number of rotatable bonds is 4. The predicted octanol–water partition coefficient (Wildman–Crippen LogP) is 4.65. The summed E-state index contributed by atoms with van der Waals surface area (Å²) in [6.45, 7) is 0. The van der Waals surface area contributed by atoms with Gasteiger partial charge in [0, 0.05) is 11.8 Å². The molecule has 0 heterocycles. The van der Waals surface area contributed by atoms with Gasteiger partial charge in [-0.3, -0.25) is 0 Å². The summed E-state index contributed by atoms with van der Waals surface area (Å²) in [6, 6.07) is 9.47. The van der Waals surface area contributed by atoms with Crippen molar-refractivity contribution < 1.29 is 14.3 Å². The first kappa shape index (κ1) is 16.3. The molecular formula is C15H14Cl2N2O3. The standard InChI is InChI=1S/C15H14Cl2N2O3/c1-21-10-4-6-13(14(8-10)22-2)19-15(20)18-9-3-5-11(16)12(17)7-9/h3-8H,1-2H3,(H2,18,19,20). The highest BCUT2D eigenvalue weighted by Crippen LogP contribution is 2.29. The third-order valence-electron chi connectivity index (χ3n) is 2.83. The van der Waals surface area contributed by atoms with Crippen LogP contribution in [-0.2, 0) is 0 Å². The van der Waals surface area contributed by atoms with Crippen LogP contribution in [0.3, 0.4) is 0 Å². The van der Waals surface area contributed by atoms with Gasteiger partial charge in [0.1, 0.15) is 11.5 Å². The molecule has 0 fully saturated rings. The minimum absolute atomic E-state index is 0.362. The highest BCUT2D eigenvalue weighted by atomic mass is 35.5. The summed E-state index contributed by atoms with van der Waals surface area (Å²) in [7, 11) is 3.07. The Hall–Kier alpha value is -2.11. The van der Waals surface area contributed by atoms with Crippen LogP contribution in [-0.4, -0.2) is 20.3 Å². The highest BCUT2D eigenvalue weighted by Gasteiger charge is 2.09. The zero-order valence-electron chi connectivity index (χ0n) is 11.9. The van der Waals surface area contributed by atoms with Crippen molar-refractivity contribution in [2.45, 2.75) is 0 Å². The highest BCUT2D eigenvalue weighted by molar-refractivity contribution is 6.42. The lowest BCUT2D eigenvalue weighted by Gasteiger charge is -2.12. The van der Waals surface area contributed by atoms with Crippen LogP contribution < -0.4 is 20.1 Å². The van der Waals surface area contributed by atoms with Crippen LogP contribution >= 0.6 is 23.2 Å². The molecule has 0 aliphatic rings. The molecule has 0 aromatic heterocycles. The molecule has 2 aromatic rings. The Morgan fingerprint density at radius 3 is 2.36 bits per heavy atom. The van der Waals surface area contributed by atoms with Gasteiger partial charge in [-0.15, -0.1) is 0 Å². The van der Waals surface area contributed by atoms with Crippen LogP contribution in [0.2, 0.25) is 10.0 Å². The number of anilines is 2. The van der Waals surface area contributed by atoms with Crippen molar-refractivity contribution in [3.05, 3.63) is 46.4 Å². The summed E-state index contributed by atoms with van der Waals surface area (Å²) in [5, 5.41) is 6.13. The minimum atomic E-state index is -0.429. The molecule has 7 heteroatoms. The second-order valence-electron chi connectivity index (χ2n) is 4.27.